The molecule has 1 heterocycles. The third kappa shape index (κ3) is 5.71. The number of carbonyl (C=O) groups excluding carboxylic acids is 1. The average molecular weight is 345 g/mol. The first-order chi connectivity index (χ1) is 12.0. The van der Waals surface area contributed by atoms with Gasteiger partial charge in [-0.25, -0.2) is 4.98 Å². The van der Waals surface area contributed by atoms with Crippen molar-refractivity contribution in [2.45, 2.75) is 58.7 Å². The van der Waals surface area contributed by atoms with Crippen LogP contribution < -0.4 is 0 Å². The minimum atomic E-state index is 0.101. The highest BCUT2D eigenvalue weighted by Crippen LogP contribution is 2.29. The highest BCUT2D eigenvalue weighted by molar-refractivity contribution is 5.59. The maximum Gasteiger partial charge on any atom is 0.222 e. The van der Waals surface area contributed by atoms with E-state index in [1.54, 1.807) is 6.08 Å². The summed E-state index contributed by atoms with van der Waals surface area (Å²) in [5, 5.41) is 9.69. The molecule has 0 aromatic carbocycles. The van der Waals surface area contributed by atoms with Crippen LogP contribution in [-0.4, -0.2) is 22.5 Å². The van der Waals surface area contributed by atoms with Crippen molar-refractivity contribution in [1.82, 2.24) is 4.98 Å². The summed E-state index contributed by atoms with van der Waals surface area (Å²) < 4.78 is 11.7. The summed E-state index contributed by atoms with van der Waals surface area (Å²) in [5.74, 6) is 1.73. The SMILES string of the molecule is C=C/C=C(O)\C=C(/C)c1nc(COC2CCCC(CC=O)C2)c(C)o1. The molecule has 25 heavy (non-hydrogen) atoms. The number of aryl methyl sites for hydroxylation is 1. The Labute approximate surface area is 149 Å². The quantitative estimate of drug-likeness (QED) is 0.421. The maximum absolute atomic E-state index is 10.7. The van der Waals surface area contributed by atoms with E-state index < -0.39 is 0 Å². The van der Waals surface area contributed by atoms with Crippen molar-refractivity contribution < 1.29 is 19.1 Å². The fourth-order valence-corrected chi connectivity index (χ4v) is 3.12. The molecule has 0 saturated heterocycles. The topological polar surface area (TPSA) is 72.6 Å². The molecule has 0 aliphatic heterocycles. The fourth-order valence-electron chi connectivity index (χ4n) is 3.12. The van der Waals surface area contributed by atoms with Gasteiger partial charge in [-0.15, -0.1) is 0 Å². The Morgan fingerprint density at radius 3 is 3.00 bits per heavy atom. The molecule has 1 fully saturated rings. The molecule has 0 amide bonds. The molecule has 5 nitrogen and oxygen atoms in total. The first-order valence-electron chi connectivity index (χ1n) is 8.75. The highest BCUT2D eigenvalue weighted by atomic mass is 16.5. The first kappa shape index (κ1) is 19.2. The van der Waals surface area contributed by atoms with Crippen molar-refractivity contribution in [3.05, 3.63) is 47.9 Å². The van der Waals surface area contributed by atoms with Crippen LogP contribution in [0.15, 0.2) is 35.0 Å². The third-order valence-corrected chi connectivity index (χ3v) is 4.50. The number of carbonyl (C=O) groups is 1. The normalized spacial score (nSPS) is 22.0. The van der Waals surface area contributed by atoms with Gasteiger partial charge in [-0.3, -0.25) is 0 Å². The molecule has 1 aromatic rings. The van der Waals surface area contributed by atoms with Crippen LogP contribution in [0.1, 0.15) is 56.4 Å². The Kier molecular flexibility index (Phi) is 7.19. The Bertz CT molecular complexity index is 657. The Morgan fingerprint density at radius 1 is 1.48 bits per heavy atom. The van der Waals surface area contributed by atoms with Crippen molar-refractivity contribution in [2.75, 3.05) is 0 Å². The Hall–Kier alpha value is -2.14. The average Bonchev–Trinajstić information content (AvgIpc) is 2.95. The van der Waals surface area contributed by atoms with E-state index in [2.05, 4.69) is 11.6 Å². The molecule has 0 bridgehead atoms. The predicted molar refractivity (Wildman–Crippen MR) is 97.0 cm³/mol. The van der Waals surface area contributed by atoms with Gasteiger partial charge >= 0.3 is 0 Å². The van der Waals surface area contributed by atoms with E-state index in [1.807, 2.05) is 13.8 Å². The number of allylic oxidation sites excluding steroid dienone is 4. The van der Waals surface area contributed by atoms with Gasteiger partial charge in [-0.05, 0) is 51.2 Å². The van der Waals surface area contributed by atoms with Gasteiger partial charge in [0.15, 0.2) is 0 Å². The standard InChI is InChI=1S/C20H27NO4/c1-4-6-17(23)11-14(2)20-21-19(15(3)25-20)13-24-18-8-5-7-16(12-18)9-10-22/h4,6,10-11,16,18,23H,1,5,7-9,12-13H2,2-3H3/b14-11+,17-6+. The molecule has 2 atom stereocenters. The summed E-state index contributed by atoms with van der Waals surface area (Å²) in [6, 6.07) is 0. The lowest BCUT2D eigenvalue weighted by Gasteiger charge is -2.27. The molecule has 1 aliphatic carbocycles. The number of aromatic nitrogens is 1. The lowest BCUT2D eigenvalue weighted by atomic mass is 9.85. The zero-order chi connectivity index (χ0) is 18.2. The van der Waals surface area contributed by atoms with E-state index in [4.69, 9.17) is 9.15 Å². The van der Waals surface area contributed by atoms with Crippen LogP contribution in [0.25, 0.3) is 5.57 Å². The van der Waals surface area contributed by atoms with Crippen molar-refractivity contribution in [3.63, 3.8) is 0 Å². The Balaban J connectivity index is 1.97. The van der Waals surface area contributed by atoms with Gasteiger partial charge < -0.3 is 19.1 Å². The second-order valence-corrected chi connectivity index (χ2v) is 6.54. The van der Waals surface area contributed by atoms with Crippen molar-refractivity contribution in [3.8, 4) is 0 Å². The van der Waals surface area contributed by atoms with Crippen LogP contribution in [0.2, 0.25) is 0 Å². The van der Waals surface area contributed by atoms with Crippen LogP contribution in [0, 0.1) is 12.8 Å². The molecule has 136 valence electrons. The summed E-state index contributed by atoms with van der Waals surface area (Å²) in [6.07, 6.45) is 10.6. The van der Waals surface area contributed by atoms with Gasteiger partial charge in [0.25, 0.3) is 0 Å². The van der Waals surface area contributed by atoms with Crippen molar-refractivity contribution in [1.29, 1.82) is 0 Å². The van der Waals surface area contributed by atoms with E-state index in [9.17, 15) is 9.90 Å². The molecular weight excluding hydrogens is 318 g/mol. The smallest absolute Gasteiger partial charge is 0.222 e. The van der Waals surface area contributed by atoms with Crippen molar-refractivity contribution >= 4 is 11.9 Å². The van der Waals surface area contributed by atoms with Crippen LogP contribution in [-0.2, 0) is 16.1 Å². The number of nitrogens with zero attached hydrogens (tertiary/aromatic N) is 1. The molecule has 0 spiro atoms. The zero-order valence-electron chi connectivity index (χ0n) is 15.0. The third-order valence-electron chi connectivity index (χ3n) is 4.50. The minimum Gasteiger partial charge on any atom is -0.508 e. The van der Waals surface area contributed by atoms with Crippen molar-refractivity contribution in [2.24, 2.45) is 5.92 Å². The van der Waals surface area contributed by atoms with Crippen LogP contribution in [0.3, 0.4) is 0 Å². The molecule has 1 N–H and O–H groups in total. The fraction of sp³-hybridized carbons (Fsp3) is 0.500. The molecule has 0 radical (unpaired) electrons. The second-order valence-electron chi connectivity index (χ2n) is 6.54. The lowest BCUT2D eigenvalue weighted by Crippen LogP contribution is -2.23. The van der Waals surface area contributed by atoms with E-state index in [-0.39, 0.29) is 11.9 Å². The van der Waals surface area contributed by atoms with Gasteiger partial charge in [-0.1, -0.05) is 19.1 Å². The van der Waals surface area contributed by atoms with Gasteiger partial charge in [0.05, 0.1) is 12.7 Å². The number of ether oxygens (including phenoxy) is 1. The number of aliphatic hydroxyl groups is 1. The Morgan fingerprint density at radius 2 is 2.28 bits per heavy atom. The number of rotatable bonds is 8. The maximum atomic E-state index is 10.7. The highest BCUT2D eigenvalue weighted by Gasteiger charge is 2.23. The molecule has 1 aliphatic rings. The van der Waals surface area contributed by atoms with Gasteiger partial charge in [-0.2, -0.15) is 0 Å². The van der Waals surface area contributed by atoms with Crippen LogP contribution in [0.4, 0.5) is 0 Å². The lowest BCUT2D eigenvalue weighted by molar-refractivity contribution is -0.109. The summed E-state index contributed by atoms with van der Waals surface area (Å²) in [4.78, 5) is 15.2. The number of aliphatic hydroxyl groups excluding tert-OH is 1. The largest absolute Gasteiger partial charge is 0.508 e. The summed E-state index contributed by atoms with van der Waals surface area (Å²) in [6.45, 7) is 7.63. The van der Waals surface area contributed by atoms with E-state index >= 15 is 0 Å². The van der Waals surface area contributed by atoms with E-state index in [0.717, 1.165) is 49.0 Å². The van der Waals surface area contributed by atoms with Crippen LogP contribution >= 0.6 is 0 Å². The summed E-state index contributed by atoms with van der Waals surface area (Å²) in [5.41, 5.74) is 1.50. The van der Waals surface area contributed by atoms with Gasteiger partial charge in [0, 0.05) is 12.0 Å². The summed E-state index contributed by atoms with van der Waals surface area (Å²) >= 11 is 0. The molecule has 1 saturated carbocycles. The zero-order valence-corrected chi connectivity index (χ0v) is 15.0. The summed E-state index contributed by atoms with van der Waals surface area (Å²) in [7, 11) is 0. The first-order valence-corrected chi connectivity index (χ1v) is 8.75. The number of oxazole rings is 1. The van der Waals surface area contributed by atoms with Gasteiger partial charge in [0.2, 0.25) is 5.89 Å². The number of hydrogen-bond acceptors (Lipinski definition) is 5. The monoisotopic (exact) mass is 345 g/mol. The molecule has 2 rings (SSSR count). The molecule has 1 aromatic heterocycles. The minimum absolute atomic E-state index is 0.101. The second kappa shape index (κ2) is 9.37. The molecular formula is C20H27NO4. The molecule has 5 heteroatoms. The predicted octanol–water partition coefficient (Wildman–Crippen LogP) is 4.68. The number of aldehydes is 1. The van der Waals surface area contributed by atoms with Crippen LogP contribution in [0.5, 0.6) is 0 Å². The molecule has 2 unspecified atom stereocenters. The number of hydrogen-bond donors (Lipinski definition) is 1. The van der Waals surface area contributed by atoms with E-state index in [1.165, 1.54) is 12.2 Å². The van der Waals surface area contributed by atoms with Gasteiger partial charge in [0.1, 0.15) is 23.5 Å². The van der Waals surface area contributed by atoms with E-state index in [0.29, 0.717) is 24.8 Å².